The van der Waals surface area contributed by atoms with Gasteiger partial charge in [-0.2, -0.15) is 10.4 Å². The van der Waals surface area contributed by atoms with Gasteiger partial charge in [-0.25, -0.2) is 5.43 Å². The van der Waals surface area contributed by atoms with Crippen molar-refractivity contribution in [2.45, 2.75) is 6.54 Å². The van der Waals surface area contributed by atoms with Gasteiger partial charge in [-0.05, 0) is 30.3 Å². The fourth-order valence-electron chi connectivity index (χ4n) is 2.42. The van der Waals surface area contributed by atoms with Crippen LogP contribution in [0.25, 0.3) is 10.9 Å². The van der Waals surface area contributed by atoms with Crippen molar-refractivity contribution in [3.05, 3.63) is 65.9 Å². The zero-order valence-electron chi connectivity index (χ0n) is 12.7. The number of para-hydroxylation sites is 1. The van der Waals surface area contributed by atoms with Crippen molar-refractivity contribution in [3.63, 3.8) is 0 Å². The predicted molar refractivity (Wildman–Crippen MR) is 90.7 cm³/mol. The minimum atomic E-state index is -0.369. The summed E-state index contributed by atoms with van der Waals surface area (Å²) in [4.78, 5) is 12.0. The molecule has 1 amide bonds. The number of aromatic hydroxyl groups is 1. The number of aromatic nitrogens is 1. The second-order valence-corrected chi connectivity index (χ2v) is 5.13. The summed E-state index contributed by atoms with van der Waals surface area (Å²) in [5, 5.41) is 23.1. The maximum absolute atomic E-state index is 12.0. The highest BCUT2D eigenvalue weighted by Crippen LogP contribution is 2.19. The number of hydrogen-bond acceptors (Lipinski definition) is 4. The van der Waals surface area contributed by atoms with Gasteiger partial charge in [0, 0.05) is 28.2 Å². The highest BCUT2D eigenvalue weighted by atomic mass is 16.3. The zero-order chi connectivity index (χ0) is 16.9. The number of fused-ring (bicyclic) bond motifs is 1. The SMILES string of the molecule is N#CCn1cc(C=NNC(=O)c2ccc(O)cc2)c2ccccc21. The average molecular weight is 318 g/mol. The van der Waals surface area contributed by atoms with Crippen LogP contribution in [-0.2, 0) is 6.54 Å². The fraction of sp³-hybridized carbons (Fsp3) is 0.0556. The van der Waals surface area contributed by atoms with Crippen molar-refractivity contribution >= 4 is 23.0 Å². The van der Waals surface area contributed by atoms with E-state index in [-0.39, 0.29) is 18.2 Å². The molecule has 0 aliphatic carbocycles. The first-order valence-electron chi connectivity index (χ1n) is 7.26. The van der Waals surface area contributed by atoms with Gasteiger partial charge in [0.25, 0.3) is 5.91 Å². The molecule has 3 rings (SSSR count). The third-order valence-electron chi connectivity index (χ3n) is 3.56. The third kappa shape index (κ3) is 3.10. The van der Waals surface area contributed by atoms with Gasteiger partial charge in [0.2, 0.25) is 0 Å². The largest absolute Gasteiger partial charge is 0.508 e. The summed E-state index contributed by atoms with van der Waals surface area (Å²) < 4.78 is 1.83. The minimum absolute atomic E-state index is 0.0975. The van der Waals surface area contributed by atoms with E-state index in [2.05, 4.69) is 16.6 Å². The summed E-state index contributed by atoms with van der Waals surface area (Å²) in [6, 6.07) is 15.7. The van der Waals surface area contributed by atoms with Crippen LogP contribution in [0.3, 0.4) is 0 Å². The van der Waals surface area contributed by atoms with E-state index in [0.29, 0.717) is 5.56 Å². The van der Waals surface area contributed by atoms with Crippen molar-refractivity contribution in [2.24, 2.45) is 5.10 Å². The first-order chi connectivity index (χ1) is 11.7. The van der Waals surface area contributed by atoms with E-state index in [1.165, 1.54) is 24.3 Å². The van der Waals surface area contributed by atoms with Crippen molar-refractivity contribution in [3.8, 4) is 11.8 Å². The van der Waals surface area contributed by atoms with Crippen molar-refractivity contribution in [1.82, 2.24) is 9.99 Å². The Hall–Kier alpha value is -3.59. The molecule has 6 nitrogen and oxygen atoms in total. The van der Waals surface area contributed by atoms with E-state index in [4.69, 9.17) is 5.26 Å². The van der Waals surface area contributed by atoms with Crippen LogP contribution in [0.5, 0.6) is 5.75 Å². The van der Waals surface area contributed by atoms with Crippen LogP contribution in [-0.4, -0.2) is 21.8 Å². The molecular weight excluding hydrogens is 304 g/mol. The van der Waals surface area contributed by atoms with Gasteiger partial charge in [-0.3, -0.25) is 4.79 Å². The van der Waals surface area contributed by atoms with Crippen LogP contribution in [0.1, 0.15) is 15.9 Å². The minimum Gasteiger partial charge on any atom is -0.508 e. The van der Waals surface area contributed by atoms with Crippen LogP contribution in [0.4, 0.5) is 0 Å². The van der Waals surface area contributed by atoms with Gasteiger partial charge >= 0.3 is 0 Å². The zero-order valence-corrected chi connectivity index (χ0v) is 12.7. The average Bonchev–Trinajstić information content (AvgIpc) is 2.94. The topological polar surface area (TPSA) is 90.4 Å². The van der Waals surface area contributed by atoms with Crippen molar-refractivity contribution in [2.75, 3.05) is 0 Å². The number of benzene rings is 2. The summed E-state index contributed by atoms with van der Waals surface area (Å²) in [5.74, 6) is -0.271. The maximum atomic E-state index is 12.0. The van der Waals surface area contributed by atoms with Crippen LogP contribution in [0.15, 0.2) is 59.8 Å². The number of nitrogens with one attached hydrogen (secondary N) is 1. The molecular formula is C18H14N4O2. The van der Waals surface area contributed by atoms with Gasteiger partial charge in [0.05, 0.1) is 12.3 Å². The van der Waals surface area contributed by atoms with Crippen molar-refractivity contribution in [1.29, 1.82) is 5.26 Å². The number of phenols is 1. The van der Waals surface area contributed by atoms with E-state index in [1.54, 1.807) is 6.21 Å². The first kappa shape index (κ1) is 15.3. The molecule has 24 heavy (non-hydrogen) atoms. The smallest absolute Gasteiger partial charge is 0.271 e. The van der Waals surface area contributed by atoms with Crippen LogP contribution in [0, 0.1) is 11.3 Å². The van der Waals surface area contributed by atoms with Gasteiger partial charge in [-0.1, -0.05) is 18.2 Å². The molecule has 0 aliphatic heterocycles. The van der Waals surface area contributed by atoms with Gasteiger partial charge < -0.3 is 9.67 Å². The standard InChI is InChI=1S/C18H14N4O2/c19-9-10-22-12-14(16-3-1-2-4-17(16)22)11-20-21-18(24)13-5-7-15(23)8-6-13/h1-8,11-12,23H,10H2,(H,21,24). The van der Waals surface area contributed by atoms with Crippen LogP contribution in [0.2, 0.25) is 0 Å². The lowest BCUT2D eigenvalue weighted by Crippen LogP contribution is -2.17. The Morgan fingerprint density at radius 3 is 2.75 bits per heavy atom. The van der Waals surface area contributed by atoms with Gasteiger partial charge in [-0.15, -0.1) is 0 Å². The van der Waals surface area contributed by atoms with E-state index in [9.17, 15) is 9.90 Å². The Balaban J connectivity index is 1.79. The molecule has 0 aliphatic rings. The Morgan fingerprint density at radius 1 is 1.25 bits per heavy atom. The number of rotatable bonds is 4. The number of amides is 1. The molecule has 0 saturated carbocycles. The van der Waals surface area contributed by atoms with Crippen LogP contribution >= 0.6 is 0 Å². The van der Waals surface area contributed by atoms with E-state index < -0.39 is 0 Å². The van der Waals surface area contributed by atoms with E-state index in [1.807, 2.05) is 35.0 Å². The molecule has 0 radical (unpaired) electrons. The quantitative estimate of drug-likeness (QED) is 0.572. The third-order valence-corrected chi connectivity index (χ3v) is 3.56. The molecule has 0 fully saturated rings. The number of phenolic OH excluding ortho intramolecular Hbond substituents is 1. The molecule has 2 N–H and O–H groups in total. The highest BCUT2D eigenvalue weighted by molar-refractivity contribution is 6.00. The summed E-state index contributed by atoms with van der Waals surface area (Å²) in [5.41, 5.74) is 4.59. The molecule has 0 spiro atoms. The number of carbonyl (C=O) groups is 1. The number of carbonyl (C=O) groups excluding carboxylic acids is 1. The summed E-state index contributed by atoms with van der Waals surface area (Å²) >= 11 is 0. The van der Waals surface area contributed by atoms with E-state index in [0.717, 1.165) is 16.5 Å². The summed E-state index contributed by atoms with van der Waals surface area (Å²) in [6.07, 6.45) is 3.37. The van der Waals surface area contributed by atoms with Crippen molar-refractivity contribution < 1.29 is 9.90 Å². The normalized spacial score (nSPS) is 10.8. The molecule has 1 aromatic heterocycles. The van der Waals surface area contributed by atoms with Gasteiger partial charge in [0.1, 0.15) is 12.3 Å². The summed E-state index contributed by atoms with van der Waals surface area (Å²) in [6.45, 7) is 0.244. The lowest BCUT2D eigenvalue weighted by Gasteiger charge is -1.99. The molecule has 3 aromatic rings. The molecule has 1 heterocycles. The van der Waals surface area contributed by atoms with E-state index >= 15 is 0 Å². The number of nitriles is 1. The lowest BCUT2D eigenvalue weighted by atomic mass is 10.2. The Bertz CT molecular complexity index is 949. The summed E-state index contributed by atoms with van der Waals surface area (Å²) in [7, 11) is 0. The monoisotopic (exact) mass is 318 g/mol. The second kappa shape index (κ2) is 6.67. The molecule has 118 valence electrons. The molecule has 2 aromatic carbocycles. The molecule has 6 heteroatoms. The van der Waals surface area contributed by atoms with Crippen LogP contribution < -0.4 is 5.43 Å². The molecule has 0 bridgehead atoms. The highest BCUT2D eigenvalue weighted by Gasteiger charge is 2.07. The molecule has 0 atom stereocenters. The predicted octanol–water partition coefficient (Wildman–Crippen LogP) is 2.63. The number of nitrogens with zero attached hydrogens (tertiary/aromatic N) is 3. The Kier molecular flexibility index (Phi) is 4.25. The Labute approximate surface area is 138 Å². The fourth-order valence-corrected chi connectivity index (χ4v) is 2.42. The van der Waals surface area contributed by atoms with Gasteiger partial charge in [0.15, 0.2) is 0 Å². The molecule has 0 unspecified atom stereocenters. The Morgan fingerprint density at radius 2 is 2.00 bits per heavy atom. The lowest BCUT2D eigenvalue weighted by molar-refractivity contribution is 0.0955. The molecule has 0 saturated heterocycles. The second-order valence-electron chi connectivity index (χ2n) is 5.13. The number of hydrogen-bond donors (Lipinski definition) is 2. The maximum Gasteiger partial charge on any atom is 0.271 e. The first-order valence-corrected chi connectivity index (χ1v) is 7.26. The number of hydrazone groups is 1.